The van der Waals surface area contributed by atoms with Gasteiger partial charge in [0.1, 0.15) is 6.04 Å². The van der Waals surface area contributed by atoms with E-state index in [-0.39, 0.29) is 18.5 Å². The molecule has 5 rings (SSSR count). The largest absolute Gasteiger partial charge is 0.328 e. The van der Waals surface area contributed by atoms with Gasteiger partial charge in [0.05, 0.1) is 0 Å². The van der Waals surface area contributed by atoms with E-state index in [9.17, 15) is 4.79 Å². The van der Waals surface area contributed by atoms with Crippen LogP contribution in [0, 0.1) is 18.8 Å². The molecular formula is C28H42F2N4O. The van der Waals surface area contributed by atoms with Crippen LogP contribution in [-0.4, -0.2) is 84.0 Å². The molecule has 5 atom stereocenters. The number of fused-ring (bicyclic) bond motifs is 1. The summed E-state index contributed by atoms with van der Waals surface area (Å²) in [6.07, 6.45) is 3.28. The fourth-order valence-electron chi connectivity index (χ4n) is 7.32. The molecule has 0 radical (unpaired) electrons. The first-order chi connectivity index (χ1) is 16.7. The zero-order valence-corrected chi connectivity index (χ0v) is 21.6. The minimum Gasteiger partial charge on any atom is -0.328 e. The van der Waals surface area contributed by atoms with Crippen LogP contribution in [0.25, 0.3) is 0 Å². The van der Waals surface area contributed by atoms with Crippen molar-refractivity contribution in [2.24, 2.45) is 11.8 Å². The molecule has 4 fully saturated rings. The standard InChI is InChI=1S/C28H42F2N4O/c1-19(2)32-11-13-33(14-12-32)25-9-6-10-28(29,30)26(25)31-27(35)34-17-22-15-21(16-23(22)18-34)24-8-5-4-7-20(24)3/h4-5,7-8,19,21-23,25-26H,6,9-18H2,1-3H3,(H,31,35)/t21-,22-,23+,25-,26+/m0/s1. The van der Waals surface area contributed by atoms with Crippen LogP contribution in [0.5, 0.6) is 0 Å². The number of likely N-dealkylation sites (tertiary alicyclic amines) is 1. The fraction of sp³-hybridized carbons (Fsp3) is 0.750. The maximum absolute atomic E-state index is 15.2. The third-order valence-electron chi connectivity index (χ3n) is 9.34. The van der Waals surface area contributed by atoms with Crippen molar-refractivity contribution in [1.29, 1.82) is 0 Å². The summed E-state index contributed by atoms with van der Waals surface area (Å²) in [6, 6.07) is 7.40. The molecule has 0 spiro atoms. The second-order valence-electron chi connectivity index (χ2n) is 11.8. The fourth-order valence-corrected chi connectivity index (χ4v) is 7.32. The Labute approximate surface area is 209 Å². The van der Waals surface area contributed by atoms with Gasteiger partial charge < -0.3 is 10.2 Å². The minimum absolute atomic E-state index is 0.135. The number of nitrogens with one attached hydrogen (secondary N) is 1. The van der Waals surface area contributed by atoms with Crippen LogP contribution in [0.4, 0.5) is 13.6 Å². The van der Waals surface area contributed by atoms with Crippen molar-refractivity contribution < 1.29 is 13.6 Å². The van der Waals surface area contributed by atoms with E-state index in [1.807, 2.05) is 4.90 Å². The normalized spacial score (nSPS) is 33.8. The predicted octanol–water partition coefficient (Wildman–Crippen LogP) is 4.71. The highest BCUT2D eigenvalue weighted by Gasteiger charge is 2.51. The third-order valence-corrected chi connectivity index (χ3v) is 9.34. The highest BCUT2D eigenvalue weighted by molar-refractivity contribution is 5.75. The van der Waals surface area contributed by atoms with Gasteiger partial charge in [0.15, 0.2) is 0 Å². The van der Waals surface area contributed by atoms with Gasteiger partial charge in [-0.25, -0.2) is 13.6 Å². The smallest absolute Gasteiger partial charge is 0.317 e. The number of hydrogen-bond donors (Lipinski definition) is 1. The van der Waals surface area contributed by atoms with Gasteiger partial charge in [-0.15, -0.1) is 0 Å². The van der Waals surface area contributed by atoms with Gasteiger partial charge in [0.2, 0.25) is 0 Å². The number of benzene rings is 1. The van der Waals surface area contributed by atoms with Gasteiger partial charge >= 0.3 is 6.03 Å². The molecule has 2 saturated carbocycles. The molecule has 0 bridgehead atoms. The number of carbonyl (C=O) groups excluding carboxylic acids is 1. The Balaban J connectivity index is 1.20. The molecule has 1 N–H and O–H groups in total. The van der Waals surface area contributed by atoms with Crippen LogP contribution >= 0.6 is 0 Å². The van der Waals surface area contributed by atoms with E-state index >= 15 is 8.78 Å². The molecular weight excluding hydrogens is 446 g/mol. The average molecular weight is 489 g/mol. The van der Waals surface area contributed by atoms with E-state index in [2.05, 4.69) is 60.2 Å². The molecule has 1 aromatic carbocycles. The summed E-state index contributed by atoms with van der Waals surface area (Å²) < 4.78 is 30.3. The van der Waals surface area contributed by atoms with E-state index in [1.165, 1.54) is 11.1 Å². The average Bonchev–Trinajstić information content (AvgIpc) is 3.40. The molecule has 0 unspecified atom stereocenters. The van der Waals surface area contributed by atoms with E-state index in [0.717, 1.165) is 45.4 Å². The SMILES string of the molecule is Cc1ccccc1[C@@H]1C[C@@H]2CN(C(=O)N[C@@H]3[C@@H](N4CCN(C(C)C)CC4)CCCC3(F)F)C[C@@H]2C1. The summed E-state index contributed by atoms with van der Waals surface area (Å²) in [6.45, 7) is 11.3. The number of hydrogen-bond acceptors (Lipinski definition) is 3. The topological polar surface area (TPSA) is 38.8 Å². The molecule has 35 heavy (non-hydrogen) atoms. The lowest BCUT2D eigenvalue weighted by Gasteiger charge is -2.47. The van der Waals surface area contributed by atoms with Crippen molar-refractivity contribution >= 4 is 6.03 Å². The summed E-state index contributed by atoms with van der Waals surface area (Å²) in [5.41, 5.74) is 2.77. The lowest BCUT2D eigenvalue weighted by molar-refractivity contribution is -0.0971. The summed E-state index contributed by atoms with van der Waals surface area (Å²) in [5, 5.41) is 2.86. The van der Waals surface area contributed by atoms with Crippen molar-refractivity contribution in [3.8, 4) is 0 Å². The molecule has 5 nitrogen and oxygen atoms in total. The van der Waals surface area contributed by atoms with Gasteiger partial charge in [-0.05, 0) is 75.3 Å². The Morgan fingerprint density at radius 2 is 1.71 bits per heavy atom. The number of halogens is 2. The van der Waals surface area contributed by atoms with Crippen molar-refractivity contribution in [1.82, 2.24) is 20.0 Å². The first-order valence-corrected chi connectivity index (χ1v) is 13.7. The highest BCUT2D eigenvalue weighted by atomic mass is 19.3. The number of nitrogens with zero attached hydrogens (tertiary/aromatic N) is 3. The summed E-state index contributed by atoms with van der Waals surface area (Å²) in [4.78, 5) is 19.7. The van der Waals surface area contributed by atoms with Crippen molar-refractivity contribution in [2.75, 3.05) is 39.3 Å². The number of carbonyl (C=O) groups is 1. The number of urea groups is 1. The molecule has 2 heterocycles. The van der Waals surface area contributed by atoms with Gasteiger partial charge in [-0.2, -0.15) is 0 Å². The zero-order chi connectivity index (χ0) is 24.7. The van der Waals surface area contributed by atoms with Crippen LogP contribution in [0.3, 0.4) is 0 Å². The van der Waals surface area contributed by atoms with Crippen LogP contribution in [0.2, 0.25) is 0 Å². The van der Waals surface area contributed by atoms with Gasteiger partial charge in [0.25, 0.3) is 5.92 Å². The number of amides is 2. The summed E-state index contributed by atoms with van der Waals surface area (Å²) in [7, 11) is 0. The Hall–Kier alpha value is -1.73. The van der Waals surface area contributed by atoms with Gasteiger partial charge in [-0.3, -0.25) is 9.80 Å². The van der Waals surface area contributed by atoms with Crippen molar-refractivity contribution in [3.05, 3.63) is 35.4 Å². The van der Waals surface area contributed by atoms with Crippen molar-refractivity contribution in [2.45, 2.75) is 82.8 Å². The molecule has 0 aromatic heterocycles. The molecule has 2 aliphatic heterocycles. The van der Waals surface area contributed by atoms with Gasteiger partial charge in [0, 0.05) is 57.8 Å². The van der Waals surface area contributed by atoms with E-state index in [1.54, 1.807) is 0 Å². The molecule has 7 heteroatoms. The van der Waals surface area contributed by atoms with Gasteiger partial charge in [-0.1, -0.05) is 24.3 Å². The predicted molar refractivity (Wildman–Crippen MR) is 135 cm³/mol. The second-order valence-corrected chi connectivity index (χ2v) is 11.8. The lowest BCUT2D eigenvalue weighted by Crippen LogP contribution is -2.65. The minimum atomic E-state index is -2.86. The molecule has 2 saturated heterocycles. The molecule has 2 aliphatic carbocycles. The Bertz CT molecular complexity index is 887. The van der Waals surface area contributed by atoms with E-state index in [0.29, 0.717) is 43.3 Å². The number of rotatable bonds is 4. The quantitative estimate of drug-likeness (QED) is 0.667. The van der Waals surface area contributed by atoms with Crippen molar-refractivity contribution in [3.63, 3.8) is 0 Å². The first kappa shape index (κ1) is 24.9. The highest BCUT2D eigenvalue weighted by Crippen LogP contribution is 2.47. The Morgan fingerprint density at radius 3 is 2.34 bits per heavy atom. The molecule has 2 amide bonds. The molecule has 1 aromatic rings. The summed E-state index contributed by atoms with van der Waals surface area (Å²) in [5.74, 6) is -1.37. The first-order valence-electron chi connectivity index (χ1n) is 13.7. The molecule has 4 aliphatic rings. The Morgan fingerprint density at radius 1 is 1.06 bits per heavy atom. The number of piperazine rings is 1. The lowest BCUT2D eigenvalue weighted by atomic mass is 9.85. The summed E-state index contributed by atoms with van der Waals surface area (Å²) >= 11 is 0. The maximum Gasteiger partial charge on any atom is 0.317 e. The second kappa shape index (κ2) is 9.97. The third kappa shape index (κ3) is 5.08. The monoisotopic (exact) mass is 488 g/mol. The van der Waals surface area contributed by atoms with Crippen LogP contribution in [0.1, 0.15) is 63.0 Å². The maximum atomic E-state index is 15.2. The van der Waals surface area contributed by atoms with Crippen LogP contribution in [0.15, 0.2) is 24.3 Å². The number of alkyl halides is 2. The zero-order valence-electron chi connectivity index (χ0n) is 21.6. The van der Waals surface area contributed by atoms with Crippen LogP contribution in [-0.2, 0) is 0 Å². The van der Waals surface area contributed by atoms with Crippen LogP contribution < -0.4 is 5.32 Å². The van der Waals surface area contributed by atoms with E-state index in [4.69, 9.17) is 0 Å². The Kier molecular flexibility index (Phi) is 7.10. The molecule has 194 valence electrons. The van der Waals surface area contributed by atoms with E-state index < -0.39 is 12.0 Å². The number of aryl methyl sites for hydroxylation is 1.